The zero-order chi connectivity index (χ0) is 20.6. The minimum Gasteiger partial charge on any atom is -0.493 e. The molecule has 1 aliphatic rings. The van der Waals surface area contributed by atoms with Gasteiger partial charge < -0.3 is 25.0 Å². The standard InChI is InChI=1S/C22H27N3O4/c1-28-19-11-10-16(15-20(19)29-2)12-13-23-22(27)25-14-6-9-18(25)21(26)24-17-7-4-3-5-8-17/h3-5,7-8,10-11,15,18H,6,9,12-14H2,1-2H3,(H,23,27)(H,24,26)/t18-/m1/s1. The van der Waals surface area contributed by atoms with Gasteiger partial charge in [0.05, 0.1) is 14.2 Å². The average molecular weight is 397 g/mol. The Labute approximate surface area is 171 Å². The van der Waals surface area contributed by atoms with Crippen LogP contribution in [-0.2, 0) is 11.2 Å². The Hall–Kier alpha value is -3.22. The second-order valence-electron chi connectivity index (χ2n) is 6.88. The largest absolute Gasteiger partial charge is 0.493 e. The maximum atomic E-state index is 12.6. The van der Waals surface area contributed by atoms with Crippen molar-refractivity contribution in [2.24, 2.45) is 0 Å². The zero-order valence-corrected chi connectivity index (χ0v) is 16.8. The van der Waals surface area contributed by atoms with Gasteiger partial charge in [-0.3, -0.25) is 4.79 Å². The summed E-state index contributed by atoms with van der Waals surface area (Å²) < 4.78 is 10.5. The average Bonchev–Trinajstić information content (AvgIpc) is 3.24. The van der Waals surface area contributed by atoms with Crippen LogP contribution < -0.4 is 20.1 Å². The molecule has 1 saturated heterocycles. The predicted molar refractivity (Wildman–Crippen MR) is 111 cm³/mol. The van der Waals surface area contributed by atoms with E-state index >= 15 is 0 Å². The Bertz CT molecular complexity index is 841. The summed E-state index contributed by atoms with van der Waals surface area (Å²) in [7, 11) is 3.19. The highest BCUT2D eigenvalue weighted by Crippen LogP contribution is 2.27. The highest BCUT2D eigenvalue weighted by Gasteiger charge is 2.34. The number of carbonyl (C=O) groups is 2. The fourth-order valence-corrected chi connectivity index (χ4v) is 3.48. The number of benzene rings is 2. The molecule has 0 spiro atoms. The molecule has 2 aromatic carbocycles. The minimum absolute atomic E-state index is 0.149. The first-order chi connectivity index (χ1) is 14.1. The van der Waals surface area contributed by atoms with Crippen molar-refractivity contribution in [2.75, 3.05) is 32.6 Å². The molecule has 2 N–H and O–H groups in total. The van der Waals surface area contributed by atoms with Gasteiger partial charge in [0, 0.05) is 18.8 Å². The summed E-state index contributed by atoms with van der Waals surface area (Å²) in [6.07, 6.45) is 2.14. The van der Waals surface area contributed by atoms with Crippen LogP contribution in [0.15, 0.2) is 48.5 Å². The second-order valence-corrected chi connectivity index (χ2v) is 6.88. The van der Waals surface area contributed by atoms with Crippen molar-refractivity contribution >= 4 is 17.6 Å². The Balaban J connectivity index is 1.52. The lowest BCUT2D eigenvalue weighted by atomic mass is 10.1. The van der Waals surface area contributed by atoms with Crippen LogP contribution in [0.5, 0.6) is 11.5 Å². The number of likely N-dealkylation sites (tertiary alicyclic amines) is 1. The fraction of sp³-hybridized carbons (Fsp3) is 0.364. The Morgan fingerprint density at radius 3 is 2.55 bits per heavy atom. The van der Waals surface area contributed by atoms with Gasteiger partial charge in [-0.15, -0.1) is 0 Å². The Morgan fingerprint density at radius 1 is 1.07 bits per heavy atom. The van der Waals surface area contributed by atoms with Crippen molar-refractivity contribution in [1.29, 1.82) is 0 Å². The van der Waals surface area contributed by atoms with E-state index in [9.17, 15) is 9.59 Å². The monoisotopic (exact) mass is 397 g/mol. The van der Waals surface area contributed by atoms with E-state index in [2.05, 4.69) is 10.6 Å². The summed E-state index contributed by atoms with van der Waals surface area (Å²) in [4.78, 5) is 26.8. The highest BCUT2D eigenvalue weighted by atomic mass is 16.5. The van der Waals surface area contributed by atoms with Crippen molar-refractivity contribution < 1.29 is 19.1 Å². The van der Waals surface area contributed by atoms with E-state index in [0.717, 1.165) is 17.7 Å². The molecule has 0 aliphatic carbocycles. The van der Waals surface area contributed by atoms with Gasteiger partial charge in [-0.1, -0.05) is 24.3 Å². The molecule has 154 valence electrons. The lowest BCUT2D eigenvalue weighted by Gasteiger charge is -2.24. The van der Waals surface area contributed by atoms with Crippen LogP contribution in [0.4, 0.5) is 10.5 Å². The number of carbonyl (C=O) groups excluding carboxylic acids is 2. The van der Waals surface area contributed by atoms with Crippen LogP contribution in [0.3, 0.4) is 0 Å². The van der Waals surface area contributed by atoms with Gasteiger partial charge >= 0.3 is 6.03 Å². The van der Waals surface area contributed by atoms with Crippen LogP contribution in [0.1, 0.15) is 18.4 Å². The molecule has 3 rings (SSSR count). The smallest absolute Gasteiger partial charge is 0.318 e. The van der Waals surface area contributed by atoms with E-state index in [4.69, 9.17) is 9.47 Å². The van der Waals surface area contributed by atoms with E-state index in [0.29, 0.717) is 37.4 Å². The lowest BCUT2D eigenvalue weighted by Crippen LogP contribution is -2.48. The molecular formula is C22H27N3O4. The van der Waals surface area contributed by atoms with E-state index in [1.54, 1.807) is 19.1 Å². The van der Waals surface area contributed by atoms with E-state index < -0.39 is 6.04 Å². The van der Waals surface area contributed by atoms with Crippen molar-refractivity contribution in [3.8, 4) is 11.5 Å². The SMILES string of the molecule is COc1ccc(CCNC(=O)N2CCC[C@@H]2C(=O)Nc2ccccc2)cc1OC. The number of amides is 3. The lowest BCUT2D eigenvalue weighted by molar-refractivity contribution is -0.119. The number of urea groups is 1. The number of hydrogen-bond acceptors (Lipinski definition) is 4. The number of para-hydroxylation sites is 1. The van der Waals surface area contributed by atoms with Gasteiger partial charge in [-0.25, -0.2) is 4.79 Å². The van der Waals surface area contributed by atoms with Gasteiger partial charge in [0.15, 0.2) is 11.5 Å². The summed E-state index contributed by atoms with van der Waals surface area (Å²) in [6.45, 7) is 1.05. The maximum Gasteiger partial charge on any atom is 0.318 e. The quantitative estimate of drug-likeness (QED) is 0.753. The highest BCUT2D eigenvalue weighted by molar-refractivity contribution is 5.97. The van der Waals surface area contributed by atoms with Crippen LogP contribution in [0.25, 0.3) is 0 Å². The van der Waals surface area contributed by atoms with E-state index in [1.807, 2.05) is 48.5 Å². The minimum atomic E-state index is -0.448. The molecule has 0 aromatic heterocycles. The summed E-state index contributed by atoms with van der Waals surface area (Å²) in [6, 6.07) is 14.3. The predicted octanol–water partition coefficient (Wildman–Crippen LogP) is 3.06. The number of anilines is 1. The van der Waals surface area contributed by atoms with Crippen LogP contribution in [0.2, 0.25) is 0 Å². The molecule has 0 bridgehead atoms. The van der Waals surface area contributed by atoms with Crippen molar-refractivity contribution in [3.05, 3.63) is 54.1 Å². The summed E-state index contributed by atoms with van der Waals surface area (Å²) in [5, 5.41) is 5.81. The molecule has 7 nitrogen and oxygen atoms in total. The number of rotatable bonds is 7. The van der Waals surface area contributed by atoms with Gasteiger partial charge in [0.1, 0.15) is 6.04 Å². The topological polar surface area (TPSA) is 79.9 Å². The van der Waals surface area contributed by atoms with Crippen LogP contribution in [0, 0.1) is 0 Å². The number of hydrogen-bond donors (Lipinski definition) is 2. The molecule has 1 aliphatic heterocycles. The van der Waals surface area contributed by atoms with Crippen molar-refractivity contribution in [2.45, 2.75) is 25.3 Å². The first-order valence-corrected chi connectivity index (χ1v) is 9.73. The molecule has 7 heteroatoms. The molecular weight excluding hydrogens is 370 g/mol. The first-order valence-electron chi connectivity index (χ1n) is 9.73. The molecule has 0 radical (unpaired) electrons. The normalized spacial score (nSPS) is 15.7. The summed E-state index contributed by atoms with van der Waals surface area (Å²) in [5.74, 6) is 1.18. The number of methoxy groups -OCH3 is 2. The second kappa shape index (κ2) is 9.82. The fourth-order valence-electron chi connectivity index (χ4n) is 3.48. The third-order valence-corrected chi connectivity index (χ3v) is 5.00. The third kappa shape index (κ3) is 5.19. The first kappa shape index (κ1) is 20.5. The molecule has 2 aromatic rings. The van der Waals surface area contributed by atoms with Gasteiger partial charge in [-0.05, 0) is 49.1 Å². The number of nitrogens with zero attached hydrogens (tertiary/aromatic N) is 1. The summed E-state index contributed by atoms with van der Waals surface area (Å²) in [5.41, 5.74) is 1.76. The molecule has 3 amide bonds. The zero-order valence-electron chi connectivity index (χ0n) is 16.8. The maximum absolute atomic E-state index is 12.6. The third-order valence-electron chi connectivity index (χ3n) is 5.00. The van der Waals surface area contributed by atoms with Gasteiger partial charge in [-0.2, -0.15) is 0 Å². The number of ether oxygens (including phenoxy) is 2. The van der Waals surface area contributed by atoms with E-state index in [-0.39, 0.29) is 11.9 Å². The Morgan fingerprint density at radius 2 is 1.83 bits per heavy atom. The van der Waals surface area contributed by atoms with E-state index in [1.165, 1.54) is 0 Å². The van der Waals surface area contributed by atoms with Crippen molar-refractivity contribution in [3.63, 3.8) is 0 Å². The number of nitrogens with one attached hydrogen (secondary N) is 2. The molecule has 29 heavy (non-hydrogen) atoms. The van der Waals surface area contributed by atoms with Gasteiger partial charge in [0.25, 0.3) is 0 Å². The molecule has 0 saturated carbocycles. The van der Waals surface area contributed by atoms with Crippen LogP contribution in [-0.4, -0.2) is 50.2 Å². The molecule has 1 heterocycles. The molecule has 0 unspecified atom stereocenters. The van der Waals surface area contributed by atoms with Crippen LogP contribution >= 0.6 is 0 Å². The van der Waals surface area contributed by atoms with Crippen molar-refractivity contribution in [1.82, 2.24) is 10.2 Å². The molecule has 1 atom stereocenters. The molecule has 1 fully saturated rings. The summed E-state index contributed by atoms with van der Waals surface area (Å²) >= 11 is 0. The Kier molecular flexibility index (Phi) is 6.94. The van der Waals surface area contributed by atoms with Gasteiger partial charge in [0.2, 0.25) is 5.91 Å².